The maximum absolute atomic E-state index is 12.9. The zero-order valence-electron chi connectivity index (χ0n) is 20.2. The fourth-order valence-electron chi connectivity index (χ4n) is 3.81. The lowest BCUT2D eigenvalue weighted by Gasteiger charge is -2.19. The molecule has 37 heavy (non-hydrogen) atoms. The Morgan fingerprint density at radius 1 is 1.16 bits per heavy atom. The van der Waals surface area contributed by atoms with Gasteiger partial charge in [-0.05, 0) is 72.0 Å². The number of anilines is 1. The molecule has 0 saturated carbocycles. The number of tetrazole rings is 1. The van der Waals surface area contributed by atoms with Crippen LogP contribution in [0.15, 0.2) is 60.9 Å². The molecule has 0 radical (unpaired) electrons. The van der Waals surface area contributed by atoms with Crippen LogP contribution in [0.4, 0.5) is 5.69 Å². The van der Waals surface area contributed by atoms with Gasteiger partial charge in [-0.2, -0.15) is 9.78 Å². The first-order valence-corrected chi connectivity index (χ1v) is 11.7. The standard InChI is InChI=1S/C25H25ClN8O3/c1-16-11-22(33(2)30-16)13-21(14-27-20-7-3-17(4-8-20)25(36)37)29-24(35)10-5-18-12-19(26)6-9-23(18)34-15-28-31-32-34/h3-12,15,21,27H,13-14H2,1-2H3,(H,29,35)(H,36,37)/b10-5+/t21-/m0/s1. The third kappa shape index (κ3) is 6.79. The minimum absolute atomic E-state index is 0.202. The highest BCUT2D eigenvalue weighted by atomic mass is 35.5. The van der Waals surface area contributed by atoms with Crippen molar-refractivity contribution in [2.45, 2.75) is 19.4 Å². The van der Waals surface area contributed by atoms with Crippen LogP contribution in [-0.4, -0.2) is 59.6 Å². The fraction of sp³-hybridized carbons (Fsp3) is 0.200. The maximum Gasteiger partial charge on any atom is 0.335 e. The van der Waals surface area contributed by atoms with Gasteiger partial charge in [-0.3, -0.25) is 9.48 Å². The number of halogens is 1. The largest absolute Gasteiger partial charge is 0.478 e. The van der Waals surface area contributed by atoms with Crippen molar-refractivity contribution in [1.82, 2.24) is 35.3 Å². The SMILES string of the molecule is Cc1cc(C[C@@H](CNc2ccc(C(=O)O)cc2)NC(=O)/C=C/c2cc(Cl)ccc2-n2cnnn2)n(C)n1. The van der Waals surface area contributed by atoms with Crippen LogP contribution >= 0.6 is 11.6 Å². The van der Waals surface area contributed by atoms with Crippen LogP contribution in [-0.2, 0) is 18.3 Å². The Balaban J connectivity index is 1.49. The average Bonchev–Trinajstić information content (AvgIpc) is 3.51. The summed E-state index contributed by atoms with van der Waals surface area (Å²) in [5.74, 6) is -1.28. The molecule has 0 aliphatic heterocycles. The summed E-state index contributed by atoms with van der Waals surface area (Å²) in [6.45, 7) is 2.32. The number of rotatable bonds is 10. The summed E-state index contributed by atoms with van der Waals surface area (Å²) in [4.78, 5) is 24.0. The zero-order chi connectivity index (χ0) is 26.4. The van der Waals surface area contributed by atoms with Gasteiger partial charge in [-0.25, -0.2) is 4.79 Å². The zero-order valence-corrected chi connectivity index (χ0v) is 20.9. The first kappa shape index (κ1) is 25.6. The number of carbonyl (C=O) groups excluding carboxylic acids is 1. The summed E-state index contributed by atoms with van der Waals surface area (Å²) < 4.78 is 3.28. The summed E-state index contributed by atoms with van der Waals surface area (Å²) in [6.07, 6.45) is 5.08. The van der Waals surface area contributed by atoms with Crippen molar-refractivity contribution in [3.8, 4) is 5.69 Å². The van der Waals surface area contributed by atoms with Gasteiger partial charge in [0.25, 0.3) is 0 Å². The van der Waals surface area contributed by atoms with Gasteiger partial charge in [0.1, 0.15) is 6.33 Å². The average molecular weight is 521 g/mol. The van der Waals surface area contributed by atoms with Gasteiger partial charge >= 0.3 is 5.97 Å². The molecule has 1 atom stereocenters. The van der Waals surface area contributed by atoms with Crippen molar-refractivity contribution in [3.63, 3.8) is 0 Å². The fourth-order valence-corrected chi connectivity index (χ4v) is 3.99. The van der Waals surface area contributed by atoms with Gasteiger partial charge in [0.2, 0.25) is 5.91 Å². The van der Waals surface area contributed by atoms with Crippen LogP contribution in [0.1, 0.15) is 27.3 Å². The van der Waals surface area contributed by atoms with Crippen LogP contribution in [0.25, 0.3) is 11.8 Å². The highest BCUT2D eigenvalue weighted by molar-refractivity contribution is 6.30. The molecule has 2 heterocycles. The van der Waals surface area contributed by atoms with E-state index in [1.54, 1.807) is 41.1 Å². The first-order valence-electron chi connectivity index (χ1n) is 11.4. The number of carboxylic acid groups (broad SMARTS) is 1. The summed E-state index contributed by atoms with van der Waals surface area (Å²) >= 11 is 6.17. The number of nitrogens with one attached hydrogen (secondary N) is 2. The molecule has 4 rings (SSSR count). The summed E-state index contributed by atoms with van der Waals surface area (Å²) in [6, 6.07) is 13.3. The molecule has 0 bridgehead atoms. The number of benzene rings is 2. The van der Waals surface area contributed by atoms with Crippen LogP contribution < -0.4 is 10.6 Å². The number of hydrogen-bond donors (Lipinski definition) is 3. The highest BCUT2D eigenvalue weighted by Gasteiger charge is 2.15. The molecule has 2 aromatic heterocycles. The van der Waals surface area contributed by atoms with E-state index in [2.05, 4.69) is 31.3 Å². The first-order chi connectivity index (χ1) is 17.8. The Morgan fingerprint density at radius 2 is 1.95 bits per heavy atom. The molecule has 11 nitrogen and oxygen atoms in total. The normalized spacial score (nSPS) is 12.0. The van der Waals surface area contributed by atoms with Gasteiger partial charge in [-0.1, -0.05) is 11.6 Å². The lowest BCUT2D eigenvalue weighted by atomic mass is 10.1. The summed E-state index contributed by atoms with van der Waals surface area (Å²) in [5.41, 5.74) is 4.14. The third-order valence-corrected chi connectivity index (χ3v) is 5.82. The van der Waals surface area contributed by atoms with Gasteiger partial charge in [-0.15, -0.1) is 5.10 Å². The number of hydrogen-bond acceptors (Lipinski definition) is 7. The molecule has 190 valence electrons. The Labute approximate surface area is 217 Å². The topological polar surface area (TPSA) is 140 Å². The van der Waals surface area contributed by atoms with Crippen LogP contribution in [0.3, 0.4) is 0 Å². The van der Waals surface area contributed by atoms with Crippen molar-refractivity contribution in [1.29, 1.82) is 0 Å². The smallest absolute Gasteiger partial charge is 0.335 e. The number of carbonyl (C=O) groups is 2. The highest BCUT2D eigenvalue weighted by Crippen LogP contribution is 2.20. The minimum Gasteiger partial charge on any atom is -0.478 e. The van der Waals surface area contributed by atoms with Crippen LogP contribution in [0.5, 0.6) is 0 Å². The molecule has 4 aromatic rings. The van der Waals surface area contributed by atoms with E-state index in [-0.39, 0.29) is 17.5 Å². The third-order valence-electron chi connectivity index (χ3n) is 5.58. The number of aromatic nitrogens is 6. The minimum atomic E-state index is -0.988. The van der Waals surface area contributed by atoms with Gasteiger partial charge in [0.05, 0.1) is 23.0 Å². The van der Waals surface area contributed by atoms with Gasteiger partial charge < -0.3 is 15.7 Å². The quantitative estimate of drug-likeness (QED) is 0.271. The number of aromatic carboxylic acids is 1. The second-order valence-corrected chi connectivity index (χ2v) is 8.80. The van der Waals surface area contributed by atoms with Crippen LogP contribution in [0, 0.1) is 6.92 Å². The molecule has 0 aliphatic rings. The monoisotopic (exact) mass is 520 g/mol. The number of carboxylic acids is 1. The summed E-state index contributed by atoms with van der Waals surface area (Å²) in [7, 11) is 1.86. The van der Waals surface area contributed by atoms with Crippen molar-refractivity contribution < 1.29 is 14.7 Å². The summed E-state index contributed by atoms with van der Waals surface area (Å²) in [5, 5.41) is 31.5. The predicted molar refractivity (Wildman–Crippen MR) is 139 cm³/mol. The molecule has 2 aromatic carbocycles. The molecule has 3 N–H and O–H groups in total. The Bertz CT molecular complexity index is 1410. The molecular formula is C25H25ClN8O3. The Hall–Kier alpha value is -4.51. The van der Waals surface area contributed by atoms with Crippen molar-refractivity contribution in [3.05, 3.63) is 88.5 Å². The number of aryl methyl sites for hydroxylation is 2. The molecule has 1 amide bonds. The van der Waals surface area contributed by atoms with E-state index in [1.807, 2.05) is 20.0 Å². The van der Waals surface area contributed by atoms with E-state index in [4.69, 9.17) is 16.7 Å². The lowest BCUT2D eigenvalue weighted by Crippen LogP contribution is -2.41. The Morgan fingerprint density at radius 3 is 2.59 bits per heavy atom. The maximum atomic E-state index is 12.9. The molecule has 0 saturated heterocycles. The molecule has 12 heteroatoms. The van der Waals surface area contributed by atoms with E-state index in [1.165, 1.54) is 29.2 Å². The van der Waals surface area contributed by atoms with E-state index in [0.717, 1.165) is 17.1 Å². The second-order valence-electron chi connectivity index (χ2n) is 8.36. The molecule has 0 unspecified atom stereocenters. The Kier molecular flexibility index (Phi) is 7.94. The number of nitrogens with zero attached hydrogens (tertiary/aromatic N) is 6. The van der Waals surface area contributed by atoms with E-state index in [0.29, 0.717) is 29.2 Å². The van der Waals surface area contributed by atoms with Gasteiger partial charge in [0.15, 0.2) is 0 Å². The van der Waals surface area contributed by atoms with Crippen molar-refractivity contribution in [2.24, 2.45) is 7.05 Å². The van der Waals surface area contributed by atoms with Crippen LogP contribution in [0.2, 0.25) is 5.02 Å². The van der Waals surface area contributed by atoms with E-state index >= 15 is 0 Å². The lowest BCUT2D eigenvalue weighted by molar-refractivity contribution is -0.117. The van der Waals surface area contributed by atoms with Crippen molar-refractivity contribution in [2.75, 3.05) is 11.9 Å². The number of amides is 1. The molecular weight excluding hydrogens is 496 g/mol. The molecule has 0 fully saturated rings. The van der Waals surface area contributed by atoms with Gasteiger partial charge in [0, 0.05) is 48.1 Å². The second kappa shape index (κ2) is 11.5. The molecule has 0 spiro atoms. The predicted octanol–water partition coefficient (Wildman–Crippen LogP) is 2.91. The molecule has 0 aliphatic carbocycles. The van der Waals surface area contributed by atoms with Crippen molar-refractivity contribution >= 4 is 35.2 Å². The van der Waals surface area contributed by atoms with E-state index < -0.39 is 5.97 Å². The van der Waals surface area contributed by atoms with E-state index in [9.17, 15) is 9.59 Å².